The van der Waals surface area contributed by atoms with Crippen molar-refractivity contribution in [1.29, 1.82) is 0 Å². The average molecular weight is 246 g/mol. The van der Waals surface area contributed by atoms with Crippen LogP contribution in [0.4, 0.5) is 0 Å². The molecule has 0 saturated carbocycles. The van der Waals surface area contributed by atoms with Crippen LogP contribution >= 0.6 is 0 Å². The summed E-state index contributed by atoms with van der Waals surface area (Å²) in [6.07, 6.45) is 0.207. The van der Waals surface area contributed by atoms with Gasteiger partial charge in [-0.05, 0) is 25.5 Å². The summed E-state index contributed by atoms with van der Waals surface area (Å²) in [5, 5.41) is 11.4. The summed E-state index contributed by atoms with van der Waals surface area (Å²) >= 11 is 0. The number of hydrogen-bond acceptors (Lipinski definition) is 2. The third-order valence-electron chi connectivity index (χ3n) is 2.86. The van der Waals surface area contributed by atoms with Crippen LogP contribution in [-0.2, 0) is 11.2 Å². The Morgan fingerprint density at radius 3 is 2.61 bits per heavy atom. The molecule has 0 unspecified atom stereocenters. The van der Waals surface area contributed by atoms with E-state index in [1.807, 2.05) is 37.3 Å². The third kappa shape index (κ3) is 2.34. The van der Waals surface area contributed by atoms with Crippen LogP contribution in [0.25, 0.3) is 5.69 Å². The molecular formula is C13H14N2O3. The number of aromatic nitrogens is 2. The molecule has 2 N–H and O–H groups in total. The van der Waals surface area contributed by atoms with Crippen LogP contribution in [0.5, 0.6) is 0 Å². The number of hydrogen-bond donors (Lipinski definition) is 2. The van der Waals surface area contributed by atoms with E-state index in [0.29, 0.717) is 5.56 Å². The number of H-pyrrole nitrogens is 1. The molecule has 0 fully saturated rings. The van der Waals surface area contributed by atoms with Gasteiger partial charge in [-0.3, -0.25) is 19.4 Å². The minimum atomic E-state index is -0.902. The Hall–Kier alpha value is -2.30. The highest BCUT2D eigenvalue weighted by molar-refractivity contribution is 5.67. The summed E-state index contributed by atoms with van der Waals surface area (Å²) in [6, 6.07) is 9.41. The zero-order valence-electron chi connectivity index (χ0n) is 10.0. The van der Waals surface area contributed by atoms with Crippen molar-refractivity contribution >= 4 is 5.97 Å². The summed E-state index contributed by atoms with van der Waals surface area (Å²) in [6.45, 7) is 1.81. The summed E-state index contributed by atoms with van der Waals surface area (Å²) in [7, 11) is 0. The van der Waals surface area contributed by atoms with Crippen molar-refractivity contribution in [3.63, 3.8) is 0 Å². The minimum absolute atomic E-state index is 0.0390. The lowest BCUT2D eigenvalue weighted by molar-refractivity contribution is -0.136. The first-order valence-electron chi connectivity index (χ1n) is 5.67. The average Bonchev–Trinajstić information content (AvgIpc) is 2.63. The number of nitrogens with one attached hydrogen (secondary N) is 1. The van der Waals surface area contributed by atoms with Crippen molar-refractivity contribution in [2.45, 2.75) is 19.8 Å². The van der Waals surface area contributed by atoms with E-state index in [1.165, 1.54) is 0 Å². The normalized spacial score (nSPS) is 10.5. The maximum absolute atomic E-state index is 11.8. The van der Waals surface area contributed by atoms with E-state index in [9.17, 15) is 9.59 Å². The fourth-order valence-electron chi connectivity index (χ4n) is 1.91. The Morgan fingerprint density at radius 2 is 2.00 bits per heavy atom. The van der Waals surface area contributed by atoms with E-state index in [2.05, 4.69) is 5.10 Å². The van der Waals surface area contributed by atoms with Gasteiger partial charge >= 0.3 is 5.97 Å². The van der Waals surface area contributed by atoms with Gasteiger partial charge in [-0.2, -0.15) is 0 Å². The highest BCUT2D eigenvalue weighted by Gasteiger charge is 2.12. The Kier molecular flexibility index (Phi) is 3.32. The van der Waals surface area contributed by atoms with Crippen molar-refractivity contribution in [2.24, 2.45) is 0 Å². The molecule has 2 rings (SSSR count). The summed E-state index contributed by atoms with van der Waals surface area (Å²) in [4.78, 5) is 22.3. The second-order valence-electron chi connectivity index (χ2n) is 4.07. The highest BCUT2D eigenvalue weighted by Crippen LogP contribution is 2.12. The molecule has 2 aromatic rings. The van der Waals surface area contributed by atoms with Crippen LogP contribution in [0.15, 0.2) is 35.1 Å². The topological polar surface area (TPSA) is 75.1 Å². The van der Waals surface area contributed by atoms with Gasteiger partial charge in [0, 0.05) is 17.7 Å². The van der Waals surface area contributed by atoms with Crippen LogP contribution in [0.2, 0.25) is 0 Å². The Bertz CT molecular complexity index is 611. The standard InChI is InChI=1S/C13H14N2O3/c1-9-11(7-8-12(16)17)13(18)14-15(9)10-5-3-2-4-6-10/h2-6H,7-8H2,1H3,(H,14,18)(H,16,17). The second-order valence-corrected chi connectivity index (χ2v) is 4.07. The summed E-state index contributed by atoms with van der Waals surface area (Å²) in [5.74, 6) is -0.902. The first-order chi connectivity index (χ1) is 8.59. The zero-order chi connectivity index (χ0) is 13.1. The summed E-state index contributed by atoms with van der Waals surface area (Å²) < 4.78 is 1.68. The molecule has 1 aromatic carbocycles. The van der Waals surface area contributed by atoms with Gasteiger partial charge in [0.1, 0.15) is 0 Å². The molecule has 1 heterocycles. The van der Waals surface area contributed by atoms with Gasteiger partial charge in [0.05, 0.1) is 5.69 Å². The molecule has 0 aliphatic heterocycles. The number of rotatable bonds is 4. The lowest BCUT2D eigenvalue weighted by atomic mass is 10.1. The third-order valence-corrected chi connectivity index (χ3v) is 2.86. The molecular weight excluding hydrogens is 232 g/mol. The second kappa shape index (κ2) is 4.91. The fourth-order valence-corrected chi connectivity index (χ4v) is 1.91. The molecule has 0 bridgehead atoms. The number of nitrogens with zero attached hydrogens (tertiary/aromatic N) is 1. The maximum atomic E-state index is 11.8. The molecule has 0 atom stereocenters. The smallest absolute Gasteiger partial charge is 0.303 e. The number of aromatic amines is 1. The molecule has 0 amide bonds. The summed E-state index contributed by atoms with van der Waals surface area (Å²) in [5.41, 5.74) is 1.92. The van der Waals surface area contributed by atoms with E-state index < -0.39 is 5.97 Å². The van der Waals surface area contributed by atoms with E-state index in [-0.39, 0.29) is 18.4 Å². The lowest BCUT2D eigenvalue weighted by Gasteiger charge is -2.05. The van der Waals surface area contributed by atoms with Gasteiger partial charge in [-0.15, -0.1) is 0 Å². The molecule has 0 radical (unpaired) electrons. The van der Waals surface area contributed by atoms with E-state index in [4.69, 9.17) is 5.11 Å². The molecule has 0 spiro atoms. The Balaban J connectivity index is 2.38. The predicted molar refractivity (Wildman–Crippen MR) is 67.1 cm³/mol. The van der Waals surface area contributed by atoms with Crippen LogP contribution in [0.3, 0.4) is 0 Å². The van der Waals surface area contributed by atoms with Crippen molar-refractivity contribution in [3.05, 3.63) is 51.9 Å². The van der Waals surface area contributed by atoms with Gasteiger partial charge in [-0.1, -0.05) is 18.2 Å². The Morgan fingerprint density at radius 1 is 1.33 bits per heavy atom. The zero-order valence-corrected chi connectivity index (χ0v) is 10.0. The molecule has 5 heteroatoms. The highest BCUT2D eigenvalue weighted by atomic mass is 16.4. The van der Waals surface area contributed by atoms with Crippen LogP contribution in [-0.4, -0.2) is 20.9 Å². The number of benzene rings is 1. The van der Waals surface area contributed by atoms with Crippen LogP contribution in [0.1, 0.15) is 17.7 Å². The first-order valence-corrected chi connectivity index (χ1v) is 5.67. The number of carboxylic acid groups (broad SMARTS) is 1. The van der Waals surface area contributed by atoms with Crippen molar-refractivity contribution in [2.75, 3.05) is 0 Å². The molecule has 5 nitrogen and oxygen atoms in total. The molecule has 0 aliphatic carbocycles. The number of aliphatic carboxylic acids is 1. The predicted octanol–water partition coefficient (Wildman–Crippen LogP) is 1.49. The minimum Gasteiger partial charge on any atom is -0.481 e. The van der Waals surface area contributed by atoms with Crippen LogP contribution in [0, 0.1) is 6.92 Å². The fraction of sp³-hybridized carbons (Fsp3) is 0.231. The first kappa shape index (κ1) is 12.2. The SMILES string of the molecule is Cc1c(CCC(=O)O)c(=O)[nH]n1-c1ccccc1. The quantitative estimate of drug-likeness (QED) is 0.858. The monoisotopic (exact) mass is 246 g/mol. The van der Waals surface area contributed by atoms with Crippen molar-refractivity contribution in [1.82, 2.24) is 9.78 Å². The van der Waals surface area contributed by atoms with Gasteiger partial charge in [0.15, 0.2) is 0 Å². The molecule has 94 valence electrons. The Labute approximate surface area is 104 Å². The van der Waals surface area contributed by atoms with Crippen LogP contribution < -0.4 is 5.56 Å². The van der Waals surface area contributed by atoms with Gasteiger partial charge in [-0.25, -0.2) is 0 Å². The van der Waals surface area contributed by atoms with E-state index in [1.54, 1.807) is 4.68 Å². The number of carboxylic acids is 1. The molecule has 0 saturated heterocycles. The molecule has 0 aliphatic rings. The molecule has 18 heavy (non-hydrogen) atoms. The number of para-hydroxylation sites is 1. The van der Waals surface area contributed by atoms with E-state index in [0.717, 1.165) is 11.4 Å². The molecule has 1 aromatic heterocycles. The van der Waals surface area contributed by atoms with E-state index >= 15 is 0 Å². The van der Waals surface area contributed by atoms with Gasteiger partial charge in [0.2, 0.25) is 0 Å². The van der Waals surface area contributed by atoms with Gasteiger partial charge < -0.3 is 5.11 Å². The largest absolute Gasteiger partial charge is 0.481 e. The maximum Gasteiger partial charge on any atom is 0.303 e. The van der Waals surface area contributed by atoms with Crippen molar-refractivity contribution < 1.29 is 9.90 Å². The van der Waals surface area contributed by atoms with Gasteiger partial charge in [0.25, 0.3) is 5.56 Å². The van der Waals surface area contributed by atoms with Crippen molar-refractivity contribution in [3.8, 4) is 5.69 Å². The lowest BCUT2D eigenvalue weighted by Crippen LogP contribution is -2.09. The number of carbonyl (C=O) groups is 1.